The van der Waals surface area contributed by atoms with Crippen LogP contribution >= 0.6 is 23.2 Å². The molecule has 0 saturated carbocycles. The second-order valence-electron chi connectivity index (χ2n) is 9.26. The minimum absolute atomic E-state index is 0.0484. The molecule has 0 aliphatic carbocycles. The predicted molar refractivity (Wildman–Crippen MR) is 142 cm³/mol. The normalized spacial score (nSPS) is 11.4. The van der Waals surface area contributed by atoms with Crippen LogP contribution < -0.4 is 21.3 Å². The van der Waals surface area contributed by atoms with Crippen molar-refractivity contribution in [1.82, 2.24) is 9.13 Å². The smallest absolute Gasteiger partial charge is 0.332 e. The highest BCUT2D eigenvalue weighted by Gasteiger charge is 2.31. The Kier molecular flexibility index (Phi) is 8.53. The van der Waals surface area contributed by atoms with Crippen LogP contribution in [0.15, 0.2) is 58.1 Å². The summed E-state index contributed by atoms with van der Waals surface area (Å²) in [5, 5.41) is 4.07. The van der Waals surface area contributed by atoms with Crippen molar-refractivity contribution in [3.63, 3.8) is 0 Å². The van der Waals surface area contributed by atoms with Gasteiger partial charge in [0.2, 0.25) is 0 Å². The van der Waals surface area contributed by atoms with Gasteiger partial charge < -0.3 is 14.8 Å². The SMILES string of the molecule is COC(=O)C(C)(C)Cn1c(=O)cc(Nc2ccc(OC(C)C)c(Cl)c2)n(Cc2ccc(Cl)cc2)c1=O. The van der Waals surface area contributed by atoms with Crippen molar-refractivity contribution >= 4 is 40.7 Å². The van der Waals surface area contributed by atoms with Crippen molar-refractivity contribution in [3.05, 3.63) is 85.0 Å². The van der Waals surface area contributed by atoms with E-state index in [1.165, 1.54) is 17.7 Å². The van der Waals surface area contributed by atoms with Gasteiger partial charge in [0.15, 0.2) is 0 Å². The Labute approximate surface area is 219 Å². The molecule has 36 heavy (non-hydrogen) atoms. The highest BCUT2D eigenvalue weighted by atomic mass is 35.5. The number of aromatic nitrogens is 2. The van der Waals surface area contributed by atoms with Crippen LogP contribution in [0.2, 0.25) is 10.0 Å². The lowest BCUT2D eigenvalue weighted by atomic mass is 9.93. The Morgan fingerprint density at radius 3 is 2.28 bits per heavy atom. The molecule has 0 unspecified atom stereocenters. The molecular formula is C26H29Cl2N3O5. The lowest BCUT2D eigenvalue weighted by molar-refractivity contribution is -0.151. The molecule has 0 saturated heterocycles. The third-order valence-electron chi connectivity index (χ3n) is 5.39. The minimum atomic E-state index is -1.09. The molecule has 0 spiro atoms. The maximum absolute atomic E-state index is 13.6. The van der Waals surface area contributed by atoms with Gasteiger partial charge in [-0.2, -0.15) is 0 Å². The van der Waals surface area contributed by atoms with Gasteiger partial charge in [-0.1, -0.05) is 35.3 Å². The number of methoxy groups -OCH3 is 1. The van der Waals surface area contributed by atoms with Gasteiger partial charge in [0.1, 0.15) is 11.6 Å². The van der Waals surface area contributed by atoms with Crippen LogP contribution in [0.25, 0.3) is 0 Å². The molecule has 10 heteroatoms. The van der Waals surface area contributed by atoms with Crippen molar-refractivity contribution in [1.29, 1.82) is 0 Å². The quantitative estimate of drug-likeness (QED) is 0.385. The van der Waals surface area contributed by atoms with Crippen molar-refractivity contribution < 1.29 is 14.3 Å². The first-order valence-corrected chi connectivity index (χ1v) is 12.1. The first-order chi connectivity index (χ1) is 16.9. The number of carbonyl (C=O) groups excluding carboxylic acids is 1. The third kappa shape index (κ3) is 6.50. The van der Waals surface area contributed by atoms with Crippen LogP contribution in [0, 0.1) is 5.41 Å². The summed E-state index contributed by atoms with van der Waals surface area (Å²) in [6.45, 7) is 7.03. The molecule has 3 aromatic rings. The van der Waals surface area contributed by atoms with Gasteiger partial charge in [-0.05, 0) is 63.6 Å². The number of rotatable bonds is 9. The molecule has 192 valence electrons. The third-order valence-corrected chi connectivity index (χ3v) is 5.94. The number of esters is 1. The zero-order valence-electron chi connectivity index (χ0n) is 20.8. The summed E-state index contributed by atoms with van der Waals surface area (Å²) in [5.74, 6) is 0.260. The molecule has 0 atom stereocenters. The van der Waals surface area contributed by atoms with Crippen molar-refractivity contribution in [2.75, 3.05) is 12.4 Å². The Balaban J connectivity index is 2.08. The number of halogens is 2. The Bertz CT molecular complexity index is 1360. The standard InChI is InChI=1S/C26H29Cl2N3O5/c1-16(2)36-21-11-10-19(12-20(21)28)29-22-13-23(32)31(15-26(3,4)24(33)35-5)25(34)30(22)14-17-6-8-18(27)9-7-17/h6-13,16,29H,14-15H2,1-5H3. The molecule has 0 bridgehead atoms. The lowest BCUT2D eigenvalue weighted by Crippen LogP contribution is -2.45. The number of hydrogen-bond donors (Lipinski definition) is 1. The molecule has 1 aromatic heterocycles. The van der Waals surface area contributed by atoms with E-state index < -0.39 is 22.6 Å². The molecule has 1 heterocycles. The monoisotopic (exact) mass is 533 g/mol. The molecule has 3 rings (SSSR count). The van der Waals surface area contributed by atoms with Gasteiger partial charge in [0.25, 0.3) is 5.56 Å². The van der Waals surface area contributed by atoms with Crippen molar-refractivity contribution in [2.45, 2.75) is 46.9 Å². The van der Waals surface area contributed by atoms with Crippen LogP contribution in [0.3, 0.4) is 0 Å². The summed E-state index contributed by atoms with van der Waals surface area (Å²) >= 11 is 12.4. The average molecular weight is 534 g/mol. The molecule has 2 aromatic carbocycles. The molecule has 0 aliphatic heterocycles. The number of anilines is 2. The second-order valence-corrected chi connectivity index (χ2v) is 10.1. The fourth-order valence-electron chi connectivity index (χ4n) is 3.60. The van der Waals surface area contributed by atoms with E-state index >= 15 is 0 Å². The predicted octanol–water partition coefficient (Wildman–Crippen LogP) is 5.10. The number of nitrogens with zero attached hydrogens (tertiary/aromatic N) is 2. The van der Waals surface area contributed by atoms with E-state index in [9.17, 15) is 14.4 Å². The zero-order valence-corrected chi connectivity index (χ0v) is 22.3. The topological polar surface area (TPSA) is 91.6 Å². The van der Waals surface area contributed by atoms with E-state index in [-0.39, 0.29) is 25.0 Å². The van der Waals surface area contributed by atoms with Crippen LogP contribution in [0.5, 0.6) is 5.75 Å². The highest BCUT2D eigenvalue weighted by Crippen LogP contribution is 2.30. The van der Waals surface area contributed by atoms with Gasteiger partial charge in [-0.15, -0.1) is 0 Å². The Hall–Kier alpha value is -3.23. The summed E-state index contributed by atoms with van der Waals surface area (Å²) < 4.78 is 13.0. The molecule has 0 fully saturated rings. The fraction of sp³-hybridized carbons (Fsp3) is 0.346. The van der Waals surface area contributed by atoms with E-state index in [0.29, 0.717) is 21.5 Å². The first-order valence-electron chi connectivity index (χ1n) is 11.3. The van der Waals surface area contributed by atoms with E-state index in [1.54, 1.807) is 56.3 Å². The average Bonchev–Trinajstić information content (AvgIpc) is 2.81. The lowest BCUT2D eigenvalue weighted by Gasteiger charge is -2.23. The Morgan fingerprint density at radius 2 is 1.69 bits per heavy atom. The molecule has 0 radical (unpaired) electrons. The van der Waals surface area contributed by atoms with Gasteiger partial charge in [0, 0.05) is 23.3 Å². The highest BCUT2D eigenvalue weighted by molar-refractivity contribution is 6.32. The number of ether oxygens (including phenoxy) is 2. The number of nitrogens with one attached hydrogen (secondary N) is 1. The number of hydrogen-bond acceptors (Lipinski definition) is 6. The summed E-state index contributed by atoms with van der Waals surface area (Å²) in [7, 11) is 1.27. The van der Waals surface area contributed by atoms with Crippen molar-refractivity contribution in [2.24, 2.45) is 5.41 Å². The Morgan fingerprint density at radius 1 is 1.03 bits per heavy atom. The second kappa shape index (κ2) is 11.2. The maximum Gasteiger partial charge on any atom is 0.332 e. The molecule has 0 amide bonds. The number of benzene rings is 2. The van der Waals surface area contributed by atoms with Crippen LogP contribution in [-0.4, -0.2) is 28.3 Å². The van der Waals surface area contributed by atoms with E-state index in [1.807, 2.05) is 13.8 Å². The molecule has 0 aliphatic rings. The first kappa shape index (κ1) is 27.4. The summed E-state index contributed by atoms with van der Waals surface area (Å²) in [6, 6.07) is 13.5. The number of carbonyl (C=O) groups is 1. The maximum atomic E-state index is 13.6. The van der Waals surface area contributed by atoms with Gasteiger partial charge in [-0.25, -0.2) is 4.79 Å². The van der Waals surface area contributed by atoms with Gasteiger partial charge in [0.05, 0.1) is 30.2 Å². The molecule has 1 N–H and O–H groups in total. The largest absolute Gasteiger partial charge is 0.489 e. The zero-order chi connectivity index (χ0) is 26.6. The van der Waals surface area contributed by atoms with Gasteiger partial charge in [-0.3, -0.25) is 18.7 Å². The van der Waals surface area contributed by atoms with E-state index in [2.05, 4.69) is 5.32 Å². The fourth-order valence-corrected chi connectivity index (χ4v) is 3.95. The van der Waals surface area contributed by atoms with Gasteiger partial charge >= 0.3 is 11.7 Å². The van der Waals surface area contributed by atoms with Crippen LogP contribution in [0.4, 0.5) is 11.5 Å². The minimum Gasteiger partial charge on any atom is -0.489 e. The van der Waals surface area contributed by atoms with E-state index in [4.69, 9.17) is 32.7 Å². The van der Waals surface area contributed by atoms with Crippen molar-refractivity contribution in [3.8, 4) is 5.75 Å². The summed E-state index contributed by atoms with van der Waals surface area (Å²) in [6.07, 6.45) is -0.0484. The summed E-state index contributed by atoms with van der Waals surface area (Å²) in [4.78, 5) is 38.8. The van der Waals surface area contributed by atoms with Crippen LogP contribution in [0.1, 0.15) is 33.3 Å². The van der Waals surface area contributed by atoms with E-state index in [0.717, 1.165) is 10.1 Å². The van der Waals surface area contributed by atoms with Crippen LogP contribution in [-0.2, 0) is 22.6 Å². The summed E-state index contributed by atoms with van der Waals surface area (Å²) in [5.41, 5.74) is -0.876. The molecule has 8 nitrogen and oxygen atoms in total. The molecular weight excluding hydrogens is 505 g/mol.